The van der Waals surface area contributed by atoms with Gasteiger partial charge in [0.1, 0.15) is 11.0 Å². The molecule has 2 aromatic rings. The Bertz CT molecular complexity index is 621. The van der Waals surface area contributed by atoms with E-state index in [0.717, 1.165) is 48.3 Å². The largest absolute Gasteiger partial charge is 0.296 e. The molecule has 3 rings (SSSR count). The van der Waals surface area contributed by atoms with Crippen LogP contribution < -0.4 is 0 Å². The van der Waals surface area contributed by atoms with Gasteiger partial charge in [-0.05, 0) is 24.8 Å². The predicted molar refractivity (Wildman–Crippen MR) is 79.5 cm³/mol. The van der Waals surface area contributed by atoms with E-state index in [-0.39, 0.29) is 0 Å². The van der Waals surface area contributed by atoms with Gasteiger partial charge in [0.05, 0.1) is 18.1 Å². The SMILES string of the molecule is CC(C)C1CCN(Cc2nc(Cl)c3cnn(C)c3n2)C1. The number of halogens is 1. The highest BCUT2D eigenvalue weighted by Gasteiger charge is 2.25. The lowest BCUT2D eigenvalue weighted by atomic mass is 9.95. The van der Waals surface area contributed by atoms with Crippen molar-refractivity contribution in [3.63, 3.8) is 0 Å². The standard InChI is InChI=1S/C14H20ClN5/c1-9(2)10-4-5-20(7-10)8-12-17-13(15)11-6-16-19(3)14(11)18-12/h6,9-10H,4-5,7-8H2,1-3H3. The summed E-state index contributed by atoms with van der Waals surface area (Å²) in [7, 11) is 1.88. The molecule has 0 aliphatic carbocycles. The van der Waals surface area contributed by atoms with Gasteiger partial charge in [0.2, 0.25) is 0 Å². The number of likely N-dealkylation sites (tertiary alicyclic amines) is 1. The fourth-order valence-electron chi connectivity index (χ4n) is 2.85. The minimum absolute atomic E-state index is 0.498. The molecule has 2 aromatic heterocycles. The van der Waals surface area contributed by atoms with Crippen molar-refractivity contribution in [1.82, 2.24) is 24.6 Å². The molecule has 1 aliphatic heterocycles. The van der Waals surface area contributed by atoms with Crippen LogP contribution in [0.15, 0.2) is 6.20 Å². The minimum atomic E-state index is 0.498. The van der Waals surface area contributed by atoms with Crippen LogP contribution in [0, 0.1) is 11.8 Å². The lowest BCUT2D eigenvalue weighted by Crippen LogP contribution is -2.22. The first-order valence-electron chi connectivity index (χ1n) is 7.11. The van der Waals surface area contributed by atoms with Gasteiger partial charge in [-0.25, -0.2) is 9.97 Å². The summed E-state index contributed by atoms with van der Waals surface area (Å²) in [6.07, 6.45) is 2.98. The molecule has 1 unspecified atom stereocenters. The van der Waals surface area contributed by atoms with Crippen molar-refractivity contribution in [2.75, 3.05) is 13.1 Å². The van der Waals surface area contributed by atoms with Crippen LogP contribution in [0.3, 0.4) is 0 Å². The number of fused-ring (bicyclic) bond motifs is 1. The zero-order valence-corrected chi connectivity index (χ0v) is 12.9. The first-order chi connectivity index (χ1) is 9.54. The maximum atomic E-state index is 6.22. The molecule has 3 heterocycles. The van der Waals surface area contributed by atoms with Crippen LogP contribution in [0.5, 0.6) is 0 Å². The smallest absolute Gasteiger partial charge is 0.162 e. The molecule has 0 spiro atoms. The maximum absolute atomic E-state index is 6.22. The summed E-state index contributed by atoms with van der Waals surface area (Å²) in [6, 6.07) is 0. The second-order valence-corrected chi connectivity index (χ2v) is 6.32. The highest BCUT2D eigenvalue weighted by molar-refractivity contribution is 6.33. The molecule has 0 saturated carbocycles. The van der Waals surface area contributed by atoms with Gasteiger partial charge >= 0.3 is 0 Å². The number of rotatable bonds is 3. The zero-order chi connectivity index (χ0) is 14.3. The third-order valence-corrected chi connectivity index (χ3v) is 4.50. The predicted octanol–water partition coefficient (Wildman–Crippen LogP) is 2.49. The average Bonchev–Trinajstić information content (AvgIpc) is 2.98. The number of hydrogen-bond donors (Lipinski definition) is 0. The Labute approximate surface area is 124 Å². The van der Waals surface area contributed by atoms with E-state index >= 15 is 0 Å². The molecule has 20 heavy (non-hydrogen) atoms. The van der Waals surface area contributed by atoms with Crippen molar-refractivity contribution >= 4 is 22.6 Å². The Morgan fingerprint density at radius 1 is 1.40 bits per heavy atom. The number of hydrogen-bond acceptors (Lipinski definition) is 4. The van der Waals surface area contributed by atoms with E-state index in [4.69, 9.17) is 11.6 Å². The third kappa shape index (κ3) is 2.52. The Morgan fingerprint density at radius 2 is 2.20 bits per heavy atom. The number of aromatic nitrogens is 4. The first kappa shape index (κ1) is 13.8. The summed E-state index contributed by atoms with van der Waals surface area (Å²) in [6.45, 7) is 7.60. The van der Waals surface area contributed by atoms with Crippen LogP contribution in [0.1, 0.15) is 26.1 Å². The first-order valence-corrected chi connectivity index (χ1v) is 7.49. The topological polar surface area (TPSA) is 46.8 Å². The van der Waals surface area contributed by atoms with E-state index in [1.165, 1.54) is 6.42 Å². The summed E-state index contributed by atoms with van der Waals surface area (Å²) >= 11 is 6.22. The van der Waals surface area contributed by atoms with Crippen molar-refractivity contribution in [2.45, 2.75) is 26.8 Å². The molecule has 1 atom stereocenters. The van der Waals surface area contributed by atoms with E-state index in [2.05, 4.69) is 33.8 Å². The summed E-state index contributed by atoms with van der Waals surface area (Å²) < 4.78 is 1.74. The van der Waals surface area contributed by atoms with Crippen molar-refractivity contribution in [3.05, 3.63) is 17.2 Å². The molecule has 0 aromatic carbocycles. The van der Waals surface area contributed by atoms with Gasteiger partial charge < -0.3 is 0 Å². The minimum Gasteiger partial charge on any atom is -0.296 e. The monoisotopic (exact) mass is 293 g/mol. The van der Waals surface area contributed by atoms with Gasteiger partial charge in [0.15, 0.2) is 5.65 Å². The highest BCUT2D eigenvalue weighted by atomic mass is 35.5. The Balaban J connectivity index is 1.80. The lowest BCUT2D eigenvalue weighted by Gasteiger charge is -2.17. The van der Waals surface area contributed by atoms with Crippen LogP contribution in [-0.2, 0) is 13.6 Å². The summed E-state index contributed by atoms with van der Waals surface area (Å²) in [5, 5.41) is 5.50. The van der Waals surface area contributed by atoms with Crippen molar-refractivity contribution < 1.29 is 0 Å². The molecule has 1 saturated heterocycles. The average molecular weight is 294 g/mol. The summed E-state index contributed by atoms with van der Waals surface area (Å²) in [5.41, 5.74) is 0.805. The quantitative estimate of drug-likeness (QED) is 0.816. The fourth-order valence-corrected chi connectivity index (χ4v) is 3.08. The molecule has 1 fully saturated rings. The molecule has 108 valence electrons. The van der Waals surface area contributed by atoms with E-state index in [1.807, 2.05) is 7.05 Å². The molecule has 0 N–H and O–H groups in total. The second-order valence-electron chi connectivity index (χ2n) is 5.96. The molecule has 0 radical (unpaired) electrons. The van der Waals surface area contributed by atoms with Crippen LogP contribution in [-0.4, -0.2) is 37.7 Å². The van der Waals surface area contributed by atoms with E-state index in [9.17, 15) is 0 Å². The van der Waals surface area contributed by atoms with Crippen LogP contribution in [0.25, 0.3) is 11.0 Å². The molecule has 5 nitrogen and oxygen atoms in total. The molecular weight excluding hydrogens is 274 g/mol. The Kier molecular flexibility index (Phi) is 3.65. The van der Waals surface area contributed by atoms with Crippen LogP contribution >= 0.6 is 11.6 Å². The molecule has 6 heteroatoms. The van der Waals surface area contributed by atoms with Gasteiger partial charge in [0.25, 0.3) is 0 Å². The van der Waals surface area contributed by atoms with Gasteiger partial charge in [-0.15, -0.1) is 0 Å². The Hall–Kier alpha value is -1.20. The maximum Gasteiger partial charge on any atom is 0.162 e. The summed E-state index contributed by atoms with van der Waals surface area (Å²) in [4.78, 5) is 11.4. The van der Waals surface area contributed by atoms with E-state index in [1.54, 1.807) is 10.9 Å². The third-order valence-electron chi connectivity index (χ3n) is 4.21. The Morgan fingerprint density at radius 3 is 2.90 bits per heavy atom. The van der Waals surface area contributed by atoms with Crippen LogP contribution in [0.2, 0.25) is 5.15 Å². The fraction of sp³-hybridized carbons (Fsp3) is 0.643. The van der Waals surface area contributed by atoms with Crippen molar-refractivity contribution in [2.24, 2.45) is 18.9 Å². The van der Waals surface area contributed by atoms with Gasteiger partial charge in [-0.1, -0.05) is 25.4 Å². The molecule has 1 aliphatic rings. The second kappa shape index (κ2) is 5.30. The zero-order valence-electron chi connectivity index (χ0n) is 12.2. The normalized spacial score (nSPS) is 20.4. The molecule has 0 bridgehead atoms. The summed E-state index contributed by atoms with van der Waals surface area (Å²) in [5.74, 6) is 2.31. The van der Waals surface area contributed by atoms with Gasteiger partial charge in [0, 0.05) is 13.6 Å². The van der Waals surface area contributed by atoms with Gasteiger partial charge in [-0.3, -0.25) is 9.58 Å². The van der Waals surface area contributed by atoms with E-state index < -0.39 is 0 Å². The number of nitrogens with zero attached hydrogens (tertiary/aromatic N) is 5. The van der Waals surface area contributed by atoms with Crippen LogP contribution in [0.4, 0.5) is 0 Å². The molecule has 0 amide bonds. The van der Waals surface area contributed by atoms with Crippen molar-refractivity contribution in [3.8, 4) is 0 Å². The van der Waals surface area contributed by atoms with Crippen molar-refractivity contribution in [1.29, 1.82) is 0 Å². The van der Waals surface area contributed by atoms with Gasteiger partial charge in [-0.2, -0.15) is 5.10 Å². The number of aryl methyl sites for hydroxylation is 1. The van der Waals surface area contributed by atoms with E-state index in [0.29, 0.717) is 5.15 Å². The molecular formula is C14H20ClN5. The highest BCUT2D eigenvalue weighted by Crippen LogP contribution is 2.25. The lowest BCUT2D eigenvalue weighted by molar-refractivity contribution is 0.290.